The van der Waals surface area contributed by atoms with Gasteiger partial charge in [-0.05, 0) is 37.1 Å². The Balaban J connectivity index is 2.00. The minimum atomic E-state index is -0.0598. The van der Waals surface area contributed by atoms with Crippen molar-refractivity contribution in [3.63, 3.8) is 0 Å². The summed E-state index contributed by atoms with van der Waals surface area (Å²) in [5, 5.41) is 3.02. The van der Waals surface area contributed by atoms with Gasteiger partial charge in [0.05, 0.1) is 0 Å². The van der Waals surface area contributed by atoms with Gasteiger partial charge in [-0.3, -0.25) is 4.79 Å². The molecule has 0 saturated heterocycles. The van der Waals surface area contributed by atoms with Gasteiger partial charge in [-0.2, -0.15) is 0 Å². The number of carbonyl (C=O) groups excluding carboxylic acids is 1. The summed E-state index contributed by atoms with van der Waals surface area (Å²) in [6, 6.07) is 15.8. The van der Waals surface area contributed by atoms with E-state index in [0.29, 0.717) is 5.56 Å². The van der Waals surface area contributed by atoms with Crippen molar-refractivity contribution in [3.8, 4) is 0 Å². The second kappa shape index (κ2) is 7.04. The number of nitrogens with one attached hydrogen (secondary N) is 1. The fourth-order valence-electron chi connectivity index (χ4n) is 2.01. The van der Waals surface area contributed by atoms with Gasteiger partial charge in [0.1, 0.15) is 0 Å². The molecule has 0 bridgehead atoms. The van der Waals surface area contributed by atoms with E-state index in [-0.39, 0.29) is 11.9 Å². The minimum absolute atomic E-state index is 0.0598. The maximum Gasteiger partial charge on any atom is 0.251 e. The summed E-state index contributed by atoms with van der Waals surface area (Å²) in [4.78, 5) is 12.2. The number of amides is 1. The molecule has 2 rings (SSSR count). The van der Waals surface area contributed by atoms with Gasteiger partial charge in [0, 0.05) is 20.6 Å². The third kappa shape index (κ3) is 4.46. The fourth-order valence-corrected chi connectivity index (χ4v) is 3.30. The van der Waals surface area contributed by atoms with Crippen molar-refractivity contribution in [2.45, 2.75) is 19.4 Å². The van der Waals surface area contributed by atoms with Crippen molar-refractivity contribution < 1.29 is 4.79 Å². The summed E-state index contributed by atoms with van der Waals surface area (Å²) in [5.41, 5.74) is 1.86. The van der Waals surface area contributed by atoms with E-state index in [0.717, 1.165) is 15.4 Å². The van der Waals surface area contributed by atoms with E-state index in [9.17, 15) is 4.79 Å². The second-order valence-corrected chi connectivity index (χ2v) is 6.55. The van der Waals surface area contributed by atoms with Crippen molar-refractivity contribution in [1.82, 2.24) is 5.32 Å². The van der Waals surface area contributed by atoms with Gasteiger partial charge >= 0.3 is 0 Å². The molecule has 2 nitrogen and oxygen atoms in total. The van der Waals surface area contributed by atoms with Crippen LogP contribution in [-0.2, 0) is 6.42 Å². The molecule has 0 saturated carbocycles. The molecular formula is C16H15Br2NO. The van der Waals surface area contributed by atoms with Crippen LogP contribution in [0.5, 0.6) is 0 Å². The molecule has 20 heavy (non-hydrogen) atoms. The Morgan fingerprint density at radius 2 is 1.70 bits per heavy atom. The van der Waals surface area contributed by atoms with E-state index in [1.54, 1.807) is 0 Å². The molecule has 0 spiro atoms. The number of carbonyl (C=O) groups is 1. The Morgan fingerprint density at radius 1 is 1.10 bits per heavy atom. The predicted molar refractivity (Wildman–Crippen MR) is 88.9 cm³/mol. The minimum Gasteiger partial charge on any atom is -0.349 e. The average molecular weight is 397 g/mol. The van der Waals surface area contributed by atoms with Gasteiger partial charge in [0.25, 0.3) is 5.91 Å². The topological polar surface area (TPSA) is 29.1 Å². The van der Waals surface area contributed by atoms with Crippen LogP contribution in [0, 0.1) is 0 Å². The summed E-state index contributed by atoms with van der Waals surface area (Å²) in [5.74, 6) is -0.0598. The van der Waals surface area contributed by atoms with E-state index in [2.05, 4.69) is 49.3 Å². The van der Waals surface area contributed by atoms with Crippen molar-refractivity contribution in [3.05, 3.63) is 68.6 Å². The smallest absolute Gasteiger partial charge is 0.251 e. The van der Waals surface area contributed by atoms with Crippen LogP contribution in [-0.4, -0.2) is 11.9 Å². The Labute approximate surface area is 135 Å². The van der Waals surface area contributed by atoms with Crippen LogP contribution in [0.4, 0.5) is 0 Å². The molecule has 0 fully saturated rings. The number of rotatable bonds is 4. The van der Waals surface area contributed by atoms with Gasteiger partial charge < -0.3 is 5.32 Å². The number of hydrogen-bond donors (Lipinski definition) is 1. The zero-order valence-corrected chi connectivity index (χ0v) is 14.2. The molecule has 104 valence electrons. The highest BCUT2D eigenvalue weighted by atomic mass is 79.9. The first-order valence-corrected chi connectivity index (χ1v) is 7.94. The van der Waals surface area contributed by atoms with Gasteiger partial charge in [-0.25, -0.2) is 0 Å². The van der Waals surface area contributed by atoms with Crippen LogP contribution in [0.3, 0.4) is 0 Å². The van der Waals surface area contributed by atoms with Gasteiger partial charge in [0.2, 0.25) is 0 Å². The second-order valence-electron chi connectivity index (χ2n) is 4.72. The summed E-state index contributed by atoms with van der Waals surface area (Å²) >= 11 is 6.78. The molecule has 0 aromatic heterocycles. The lowest BCUT2D eigenvalue weighted by atomic mass is 10.1. The molecule has 0 aliphatic rings. The lowest BCUT2D eigenvalue weighted by Gasteiger charge is -2.14. The lowest BCUT2D eigenvalue weighted by molar-refractivity contribution is 0.0940. The van der Waals surface area contributed by atoms with Crippen molar-refractivity contribution >= 4 is 37.8 Å². The summed E-state index contributed by atoms with van der Waals surface area (Å²) in [6.07, 6.45) is 0.821. The molecule has 1 N–H and O–H groups in total. The van der Waals surface area contributed by atoms with E-state index >= 15 is 0 Å². The number of benzene rings is 2. The molecule has 1 atom stereocenters. The molecule has 2 aromatic carbocycles. The van der Waals surface area contributed by atoms with Crippen molar-refractivity contribution in [1.29, 1.82) is 0 Å². The van der Waals surface area contributed by atoms with Gasteiger partial charge in [-0.1, -0.05) is 62.2 Å². The third-order valence-corrected chi connectivity index (χ3v) is 3.80. The first-order valence-electron chi connectivity index (χ1n) is 6.35. The molecule has 1 unspecified atom stereocenters. The number of hydrogen-bond acceptors (Lipinski definition) is 1. The van der Waals surface area contributed by atoms with Crippen LogP contribution < -0.4 is 5.32 Å². The third-order valence-electron chi connectivity index (χ3n) is 2.89. The Morgan fingerprint density at radius 3 is 2.30 bits per heavy atom. The normalized spacial score (nSPS) is 11.9. The average Bonchev–Trinajstić information content (AvgIpc) is 2.38. The molecule has 4 heteroatoms. The maximum absolute atomic E-state index is 12.2. The summed E-state index contributed by atoms with van der Waals surface area (Å²) in [7, 11) is 0. The molecule has 0 radical (unpaired) electrons. The Hall–Kier alpha value is -1.13. The summed E-state index contributed by atoms with van der Waals surface area (Å²) in [6.45, 7) is 2.01. The summed E-state index contributed by atoms with van der Waals surface area (Å²) < 4.78 is 1.76. The first kappa shape index (κ1) is 15.3. The van der Waals surface area contributed by atoms with Crippen LogP contribution in [0.25, 0.3) is 0 Å². The Bertz CT molecular complexity index is 578. The molecule has 2 aromatic rings. The van der Waals surface area contributed by atoms with Gasteiger partial charge in [0.15, 0.2) is 0 Å². The molecule has 0 heterocycles. The molecular weight excluding hydrogens is 382 g/mol. The fraction of sp³-hybridized carbons (Fsp3) is 0.188. The van der Waals surface area contributed by atoms with E-state index in [4.69, 9.17) is 0 Å². The largest absolute Gasteiger partial charge is 0.349 e. The van der Waals surface area contributed by atoms with Crippen LogP contribution in [0.1, 0.15) is 22.8 Å². The van der Waals surface area contributed by atoms with E-state index < -0.39 is 0 Å². The zero-order valence-electron chi connectivity index (χ0n) is 11.1. The van der Waals surface area contributed by atoms with Crippen LogP contribution in [0.15, 0.2) is 57.5 Å². The van der Waals surface area contributed by atoms with Crippen LogP contribution >= 0.6 is 31.9 Å². The quantitative estimate of drug-likeness (QED) is 0.805. The predicted octanol–water partition coefficient (Wildman–Crippen LogP) is 4.57. The van der Waals surface area contributed by atoms with Crippen molar-refractivity contribution in [2.24, 2.45) is 0 Å². The highest BCUT2D eigenvalue weighted by Gasteiger charge is 2.11. The maximum atomic E-state index is 12.2. The van der Waals surface area contributed by atoms with Crippen molar-refractivity contribution in [2.75, 3.05) is 0 Å². The number of halogens is 2. The molecule has 1 amide bonds. The standard InChI is InChI=1S/C16H15Br2NO/c1-11(7-12-5-3-2-4-6-12)19-16(20)13-8-14(17)10-15(18)9-13/h2-6,8-11H,7H2,1H3,(H,19,20). The van der Waals surface area contributed by atoms with E-state index in [1.807, 2.05) is 43.3 Å². The monoisotopic (exact) mass is 395 g/mol. The highest BCUT2D eigenvalue weighted by molar-refractivity contribution is 9.11. The van der Waals surface area contributed by atoms with Gasteiger partial charge in [-0.15, -0.1) is 0 Å². The molecule has 0 aliphatic heterocycles. The molecule has 0 aliphatic carbocycles. The van der Waals surface area contributed by atoms with Crippen LogP contribution in [0.2, 0.25) is 0 Å². The van der Waals surface area contributed by atoms with E-state index in [1.165, 1.54) is 5.56 Å². The zero-order chi connectivity index (χ0) is 14.5. The lowest BCUT2D eigenvalue weighted by Crippen LogP contribution is -2.34. The first-order chi connectivity index (χ1) is 9.54. The SMILES string of the molecule is CC(Cc1ccccc1)NC(=O)c1cc(Br)cc(Br)c1. The Kier molecular flexibility index (Phi) is 5.38. The highest BCUT2D eigenvalue weighted by Crippen LogP contribution is 2.20.